The molecule has 0 saturated carbocycles. The molecule has 26 heavy (non-hydrogen) atoms. The van der Waals surface area contributed by atoms with E-state index < -0.39 is 0 Å². The molecule has 0 aliphatic carbocycles. The van der Waals surface area contributed by atoms with Crippen LogP contribution in [0.2, 0.25) is 0 Å². The number of nitrogens with one attached hydrogen (secondary N) is 2. The number of amides is 1. The Labute approximate surface area is 153 Å². The minimum absolute atomic E-state index is 0.0292. The molecular weight excluding hydrogens is 328 g/mol. The van der Waals surface area contributed by atoms with E-state index in [4.69, 9.17) is 4.74 Å². The number of hydrogen-bond acceptors (Lipinski definition) is 4. The average molecular weight is 354 g/mol. The van der Waals surface area contributed by atoms with E-state index in [0.717, 1.165) is 62.4 Å². The standard InChI is InChI=1S/C20H26N4O2/c25-20(19-17-12-21-9-6-18(17)22-23-19)24(13-15-4-2-1-3-5-15)14-16-7-10-26-11-8-16/h1-5,16,21H,6-14H2,(H,22,23). The molecule has 4 rings (SSSR count). The SMILES string of the molecule is O=C(c1n[nH]c2c1CNCC2)N(Cc1ccccc1)CC1CCOCC1. The van der Waals surface area contributed by atoms with E-state index in [9.17, 15) is 4.79 Å². The van der Waals surface area contributed by atoms with Gasteiger partial charge in [0, 0.05) is 57.1 Å². The number of carbonyl (C=O) groups is 1. The van der Waals surface area contributed by atoms with Crippen molar-refractivity contribution in [3.05, 3.63) is 52.8 Å². The van der Waals surface area contributed by atoms with Crippen molar-refractivity contribution in [1.29, 1.82) is 0 Å². The fourth-order valence-electron chi connectivity index (χ4n) is 3.82. The van der Waals surface area contributed by atoms with Crippen LogP contribution in [0.5, 0.6) is 0 Å². The minimum atomic E-state index is 0.0292. The van der Waals surface area contributed by atoms with Crippen LogP contribution in [-0.4, -0.2) is 47.3 Å². The quantitative estimate of drug-likeness (QED) is 0.863. The number of aromatic nitrogens is 2. The largest absolute Gasteiger partial charge is 0.381 e. The molecule has 0 atom stereocenters. The zero-order valence-electron chi connectivity index (χ0n) is 15.0. The maximum atomic E-state index is 13.3. The first kappa shape index (κ1) is 17.2. The van der Waals surface area contributed by atoms with Gasteiger partial charge in [-0.15, -0.1) is 0 Å². The van der Waals surface area contributed by atoms with Gasteiger partial charge in [-0.05, 0) is 24.3 Å². The average Bonchev–Trinajstić information content (AvgIpc) is 3.13. The third-order valence-corrected chi connectivity index (χ3v) is 5.33. The summed E-state index contributed by atoms with van der Waals surface area (Å²) in [6.07, 6.45) is 2.92. The summed E-state index contributed by atoms with van der Waals surface area (Å²) in [4.78, 5) is 15.3. The highest BCUT2D eigenvalue weighted by Crippen LogP contribution is 2.22. The van der Waals surface area contributed by atoms with Crippen LogP contribution in [0.3, 0.4) is 0 Å². The number of nitrogens with zero attached hydrogens (tertiary/aromatic N) is 2. The van der Waals surface area contributed by atoms with Gasteiger partial charge in [0.05, 0.1) is 0 Å². The number of rotatable bonds is 5. The van der Waals surface area contributed by atoms with Crippen molar-refractivity contribution in [2.45, 2.75) is 32.4 Å². The zero-order chi connectivity index (χ0) is 17.8. The predicted octanol–water partition coefficient (Wildman–Crippen LogP) is 2.12. The summed E-state index contributed by atoms with van der Waals surface area (Å²) in [5.41, 5.74) is 3.86. The summed E-state index contributed by atoms with van der Waals surface area (Å²) in [5, 5.41) is 10.8. The van der Waals surface area contributed by atoms with E-state index in [1.807, 2.05) is 23.1 Å². The molecule has 0 spiro atoms. The van der Waals surface area contributed by atoms with Crippen LogP contribution in [0.25, 0.3) is 0 Å². The first-order valence-corrected chi connectivity index (χ1v) is 9.49. The molecule has 2 aliphatic heterocycles. The Balaban J connectivity index is 1.56. The van der Waals surface area contributed by atoms with Crippen molar-refractivity contribution in [3.63, 3.8) is 0 Å². The zero-order valence-corrected chi connectivity index (χ0v) is 15.0. The maximum absolute atomic E-state index is 13.3. The highest BCUT2D eigenvalue weighted by atomic mass is 16.5. The Kier molecular flexibility index (Phi) is 5.32. The van der Waals surface area contributed by atoms with Gasteiger partial charge in [-0.1, -0.05) is 30.3 Å². The normalized spacial score (nSPS) is 17.7. The first-order valence-electron chi connectivity index (χ1n) is 9.49. The Morgan fingerprint density at radius 1 is 1.23 bits per heavy atom. The molecule has 1 saturated heterocycles. The maximum Gasteiger partial charge on any atom is 0.275 e. The number of fused-ring (bicyclic) bond motifs is 1. The fraction of sp³-hybridized carbons (Fsp3) is 0.500. The molecule has 1 fully saturated rings. The molecule has 1 aromatic carbocycles. The third-order valence-electron chi connectivity index (χ3n) is 5.33. The van der Waals surface area contributed by atoms with E-state index in [1.54, 1.807) is 0 Å². The van der Waals surface area contributed by atoms with Crippen LogP contribution >= 0.6 is 0 Å². The minimum Gasteiger partial charge on any atom is -0.381 e. The summed E-state index contributed by atoms with van der Waals surface area (Å²) >= 11 is 0. The Hall–Kier alpha value is -2.18. The van der Waals surface area contributed by atoms with E-state index in [1.165, 1.54) is 0 Å². The number of hydrogen-bond donors (Lipinski definition) is 2. The second-order valence-corrected chi connectivity index (χ2v) is 7.18. The molecule has 6 heteroatoms. The van der Waals surface area contributed by atoms with Crippen LogP contribution < -0.4 is 5.32 Å². The lowest BCUT2D eigenvalue weighted by molar-refractivity contribution is 0.0442. The van der Waals surface area contributed by atoms with Gasteiger partial charge in [0.15, 0.2) is 5.69 Å². The lowest BCUT2D eigenvalue weighted by atomic mass is 9.98. The smallest absolute Gasteiger partial charge is 0.275 e. The molecule has 0 radical (unpaired) electrons. The van der Waals surface area contributed by atoms with Crippen LogP contribution in [0.1, 0.15) is 40.2 Å². The fourth-order valence-corrected chi connectivity index (χ4v) is 3.82. The molecule has 2 N–H and O–H groups in total. The number of carbonyl (C=O) groups excluding carboxylic acids is 1. The predicted molar refractivity (Wildman–Crippen MR) is 98.7 cm³/mol. The van der Waals surface area contributed by atoms with Crippen LogP contribution in [0.15, 0.2) is 30.3 Å². The van der Waals surface area contributed by atoms with Gasteiger partial charge in [-0.2, -0.15) is 5.10 Å². The molecule has 6 nitrogen and oxygen atoms in total. The van der Waals surface area contributed by atoms with E-state index in [-0.39, 0.29) is 5.91 Å². The monoisotopic (exact) mass is 354 g/mol. The van der Waals surface area contributed by atoms with Gasteiger partial charge < -0.3 is 15.0 Å². The topological polar surface area (TPSA) is 70.2 Å². The van der Waals surface area contributed by atoms with Gasteiger partial charge >= 0.3 is 0 Å². The number of H-pyrrole nitrogens is 1. The van der Waals surface area contributed by atoms with E-state index in [2.05, 4.69) is 27.6 Å². The molecule has 2 aliphatic rings. The van der Waals surface area contributed by atoms with Crippen molar-refractivity contribution in [2.24, 2.45) is 5.92 Å². The Morgan fingerprint density at radius 2 is 2.04 bits per heavy atom. The first-order chi connectivity index (χ1) is 12.8. The summed E-state index contributed by atoms with van der Waals surface area (Å²) in [5.74, 6) is 0.519. The van der Waals surface area contributed by atoms with Crippen LogP contribution in [0, 0.1) is 5.92 Å². The lowest BCUT2D eigenvalue weighted by Crippen LogP contribution is -2.38. The molecule has 1 aromatic heterocycles. The second kappa shape index (κ2) is 8.01. The summed E-state index contributed by atoms with van der Waals surface area (Å²) in [7, 11) is 0. The van der Waals surface area contributed by atoms with E-state index >= 15 is 0 Å². The molecule has 0 bridgehead atoms. The molecule has 138 valence electrons. The van der Waals surface area contributed by atoms with Crippen molar-refractivity contribution in [2.75, 3.05) is 26.3 Å². The summed E-state index contributed by atoms with van der Waals surface area (Å²) in [6, 6.07) is 10.2. The van der Waals surface area contributed by atoms with Gasteiger partial charge in [-0.25, -0.2) is 0 Å². The molecule has 2 aromatic rings. The molecule has 1 amide bonds. The molecule has 3 heterocycles. The third kappa shape index (κ3) is 3.81. The van der Waals surface area contributed by atoms with E-state index in [0.29, 0.717) is 24.7 Å². The van der Waals surface area contributed by atoms with Crippen molar-refractivity contribution >= 4 is 5.91 Å². The van der Waals surface area contributed by atoms with Crippen molar-refractivity contribution < 1.29 is 9.53 Å². The Morgan fingerprint density at radius 3 is 2.85 bits per heavy atom. The summed E-state index contributed by atoms with van der Waals surface area (Å²) < 4.78 is 5.48. The van der Waals surface area contributed by atoms with Gasteiger partial charge in [0.1, 0.15) is 0 Å². The van der Waals surface area contributed by atoms with Crippen molar-refractivity contribution in [1.82, 2.24) is 20.4 Å². The van der Waals surface area contributed by atoms with Crippen LogP contribution in [0.4, 0.5) is 0 Å². The molecular formula is C20H26N4O2. The van der Waals surface area contributed by atoms with Crippen LogP contribution in [-0.2, 0) is 24.2 Å². The number of benzene rings is 1. The van der Waals surface area contributed by atoms with Gasteiger partial charge in [0.2, 0.25) is 0 Å². The highest BCUT2D eigenvalue weighted by molar-refractivity contribution is 5.94. The molecule has 0 unspecified atom stereocenters. The van der Waals surface area contributed by atoms with Gasteiger partial charge in [-0.3, -0.25) is 9.89 Å². The highest BCUT2D eigenvalue weighted by Gasteiger charge is 2.28. The van der Waals surface area contributed by atoms with Gasteiger partial charge in [0.25, 0.3) is 5.91 Å². The lowest BCUT2D eigenvalue weighted by Gasteiger charge is -2.30. The number of aromatic amines is 1. The number of ether oxygens (including phenoxy) is 1. The second-order valence-electron chi connectivity index (χ2n) is 7.18. The Bertz CT molecular complexity index is 738. The van der Waals surface area contributed by atoms with Crippen molar-refractivity contribution in [3.8, 4) is 0 Å². The summed E-state index contributed by atoms with van der Waals surface area (Å²) in [6.45, 7) is 4.60.